The Labute approximate surface area is 130 Å². The van der Waals surface area contributed by atoms with Gasteiger partial charge in [-0.1, -0.05) is 48.5 Å². The Morgan fingerprint density at radius 3 is 2.43 bits per heavy atom. The summed E-state index contributed by atoms with van der Waals surface area (Å²) in [6.45, 7) is 0.883. The Morgan fingerprint density at radius 2 is 1.71 bits per heavy atom. The fourth-order valence-electron chi connectivity index (χ4n) is 2.83. The lowest BCUT2D eigenvalue weighted by Gasteiger charge is -2.25. The zero-order valence-corrected chi connectivity index (χ0v) is 12.8. The van der Waals surface area contributed by atoms with E-state index in [0.29, 0.717) is 5.75 Å². The smallest absolute Gasteiger partial charge is 0.233 e. The number of thioether (sulfide) groups is 1. The van der Waals surface area contributed by atoms with Gasteiger partial charge in [-0.15, -0.1) is 11.8 Å². The molecule has 1 aliphatic rings. The number of likely N-dealkylation sites (tertiary alicyclic amines) is 1. The molecule has 0 aromatic heterocycles. The molecule has 0 N–H and O–H groups in total. The van der Waals surface area contributed by atoms with Crippen LogP contribution in [-0.2, 0) is 4.79 Å². The second-order valence-electron chi connectivity index (χ2n) is 5.26. The first-order valence-corrected chi connectivity index (χ1v) is 8.35. The van der Waals surface area contributed by atoms with Crippen molar-refractivity contribution in [3.05, 3.63) is 66.2 Å². The lowest BCUT2D eigenvalue weighted by molar-refractivity contribution is -0.129. The summed E-state index contributed by atoms with van der Waals surface area (Å²) in [6.07, 6.45) is 2.17. The molecule has 2 aromatic carbocycles. The van der Waals surface area contributed by atoms with Crippen LogP contribution in [0.15, 0.2) is 65.6 Å². The summed E-state index contributed by atoms with van der Waals surface area (Å²) in [5.41, 5.74) is 1.26. The molecule has 21 heavy (non-hydrogen) atoms. The summed E-state index contributed by atoms with van der Waals surface area (Å²) in [5.74, 6) is 0.767. The Balaban J connectivity index is 1.64. The monoisotopic (exact) mass is 297 g/mol. The lowest BCUT2D eigenvalue weighted by atomic mass is 10.0. The number of nitrogens with zero attached hydrogens (tertiary/aromatic N) is 1. The first-order valence-electron chi connectivity index (χ1n) is 7.37. The quantitative estimate of drug-likeness (QED) is 0.790. The molecule has 1 heterocycles. The molecular weight excluding hydrogens is 278 g/mol. The molecule has 1 amide bonds. The maximum absolute atomic E-state index is 12.5. The van der Waals surface area contributed by atoms with Crippen molar-refractivity contribution in [1.82, 2.24) is 4.90 Å². The van der Waals surface area contributed by atoms with E-state index in [1.54, 1.807) is 11.8 Å². The highest BCUT2D eigenvalue weighted by Gasteiger charge is 2.29. The minimum atomic E-state index is 0.246. The molecule has 0 spiro atoms. The third kappa shape index (κ3) is 3.48. The third-order valence-electron chi connectivity index (χ3n) is 3.86. The van der Waals surface area contributed by atoms with Crippen molar-refractivity contribution in [2.24, 2.45) is 0 Å². The molecule has 1 aliphatic heterocycles. The molecule has 1 unspecified atom stereocenters. The summed E-state index contributed by atoms with van der Waals surface area (Å²) in [4.78, 5) is 15.7. The summed E-state index contributed by atoms with van der Waals surface area (Å²) < 4.78 is 0. The molecule has 1 atom stereocenters. The fourth-order valence-corrected chi connectivity index (χ4v) is 3.64. The predicted octanol–water partition coefficient (Wildman–Crippen LogP) is 4.14. The SMILES string of the molecule is O=C(CSc1ccccc1)N1CCCC1c1ccccc1. The van der Waals surface area contributed by atoms with Gasteiger partial charge in [0.15, 0.2) is 0 Å². The van der Waals surface area contributed by atoms with Gasteiger partial charge >= 0.3 is 0 Å². The average molecular weight is 297 g/mol. The highest BCUT2D eigenvalue weighted by molar-refractivity contribution is 8.00. The van der Waals surface area contributed by atoms with Crippen LogP contribution in [-0.4, -0.2) is 23.1 Å². The van der Waals surface area contributed by atoms with Crippen LogP contribution in [0.4, 0.5) is 0 Å². The lowest BCUT2D eigenvalue weighted by Crippen LogP contribution is -2.31. The van der Waals surface area contributed by atoms with E-state index in [-0.39, 0.29) is 11.9 Å². The van der Waals surface area contributed by atoms with Crippen LogP contribution in [0.1, 0.15) is 24.4 Å². The second kappa shape index (κ2) is 6.81. The zero-order valence-electron chi connectivity index (χ0n) is 11.9. The summed E-state index contributed by atoms with van der Waals surface area (Å²) in [7, 11) is 0. The Kier molecular flexibility index (Phi) is 4.61. The van der Waals surface area contributed by atoms with Crippen LogP contribution in [0.5, 0.6) is 0 Å². The van der Waals surface area contributed by atoms with Gasteiger partial charge in [0.05, 0.1) is 11.8 Å². The van der Waals surface area contributed by atoms with Gasteiger partial charge in [-0.25, -0.2) is 0 Å². The molecule has 1 fully saturated rings. The van der Waals surface area contributed by atoms with Crippen molar-refractivity contribution in [2.45, 2.75) is 23.8 Å². The maximum atomic E-state index is 12.5. The molecule has 2 nitrogen and oxygen atoms in total. The van der Waals surface area contributed by atoms with Crippen LogP contribution >= 0.6 is 11.8 Å². The van der Waals surface area contributed by atoms with Crippen LogP contribution in [0.25, 0.3) is 0 Å². The van der Waals surface area contributed by atoms with E-state index in [9.17, 15) is 4.79 Å². The number of rotatable bonds is 4. The number of hydrogen-bond acceptors (Lipinski definition) is 2. The third-order valence-corrected chi connectivity index (χ3v) is 4.86. The van der Waals surface area contributed by atoms with E-state index in [1.165, 1.54) is 5.56 Å². The first-order chi connectivity index (χ1) is 10.3. The Bertz CT molecular complexity index is 585. The molecule has 0 bridgehead atoms. The van der Waals surface area contributed by atoms with Gasteiger partial charge in [0.1, 0.15) is 0 Å². The van der Waals surface area contributed by atoms with Gasteiger partial charge in [0, 0.05) is 11.4 Å². The largest absolute Gasteiger partial charge is 0.335 e. The minimum Gasteiger partial charge on any atom is -0.335 e. The van der Waals surface area contributed by atoms with Gasteiger partial charge in [-0.3, -0.25) is 4.79 Å². The van der Waals surface area contributed by atoms with Gasteiger partial charge in [0.25, 0.3) is 0 Å². The van der Waals surface area contributed by atoms with E-state index in [4.69, 9.17) is 0 Å². The molecule has 1 saturated heterocycles. The molecule has 3 rings (SSSR count). The van der Waals surface area contributed by atoms with Crippen molar-refractivity contribution < 1.29 is 4.79 Å². The molecular formula is C18H19NOS. The Morgan fingerprint density at radius 1 is 1.05 bits per heavy atom. The topological polar surface area (TPSA) is 20.3 Å². The van der Waals surface area contributed by atoms with E-state index in [1.807, 2.05) is 29.2 Å². The summed E-state index contributed by atoms with van der Waals surface area (Å²) >= 11 is 1.62. The molecule has 2 aromatic rings. The number of carbonyl (C=O) groups excluding carboxylic acids is 1. The second-order valence-corrected chi connectivity index (χ2v) is 6.31. The molecule has 0 saturated carbocycles. The van der Waals surface area contributed by atoms with Crippen molar-refractivity contribution in [2.75, 3.05) is 12.3 Å². The standard InChI is InChI=1S/C18H19NOS/c20-18(14-21-16-10-5-2-6-11-16)19-13-7-12-17(19)15-8-3-1-4-9-15/h1-6,8-11,17H,7,12-14H2. The summed E-state index contributed by atoms with van der Waals surface area (Å²) in [6, 6.07) is 20.8. The predicted molar refractivity (Wildman–Crippen MR) is 87.3 cm³/mol. The maximum Gasteiger partial charge on any atom is 0.233 e. The molecule has 0 radical (unpaired) electrons. The number of carbonyl (C=O) groups is 1. The zero-order chi connectivity index (χ0) is 14.5. The number of amides is 1. The average Bonchev–Trinajstić information content (AvgIpc) is 3.04. The van der Waals surface area contributed by atoms with Gasteiger partial charge in [0.2, 0.25) is 5.91 Å². The highest BCUT2D eigenvalue weighted by atomic mass is 32.2. The van der Waals surface area contributed by atoms with Crippen LogP contribution in [0.2, 0.25) is 0 Å². The first kappa shape index (κ1) is 14.2. The van der Waals surface area contributed by atoms with Crippen molar-refractivity contribution in [3.8, 4) is 0 Å². The highest BCUT2D eigenvalue weighted by Crippen LogP contribution is 2.32. The van der Waals surface area contributed by atoms with Crippen molar-refractivity contribution in [3.63, 3.8) is 0 Å². The normalized spacial score (nSPS) is 17.9. The fraction of sp³-hybridized carbons (Fsp3) is 0.278. The molecule has 108 valence electrons. The van der Waals surface area contributed by atoms with Gasteiger partial charge in [-0.05, 0) is 30.5 Å². The van der Waals surface area contributed by atoms with Crippen LogP contribution < -0.4 is 0 Å². The Hall–Kier alpha value is -1.74. The van der Waals surface area contributed by atoms with Gasteiger partial charge < -0.3 is 4.90 Å². The minimum absolute atomic E-state index is 0.246. The van der Waals surface area contributed by atoms with E-state index in [0.717, 1.165) is 24.3 Å². The molecule has 0 aliphatic carbocycles. The van der Waals surface area contributed by atoms with Crippen molar-refractivity contribution in [1.29, 1.82) is 0 Å². The van der Waals surface area contributed by atoms with Crippen LogP contribution in [0.3, 0.4) is 0 Å². The van der Waals surface area contributed by atoms with Crippen molar-refractivity contribution >= 4 is 17.7 Å². The van der Waals surface area contributed by atoms with E-state index >= 15 is 0 Å². The number of hydrogen-bond donors (Lipinski definition) is 0. The summed E-state index contributed by atoms with van der Waals surface area (Å²) in [5, 5.41) is 0. The number of benzene rings is 2. The van der Waals surface area contributed by atoms with Crippen LogP contribution in [0, 0.1) is 0 Å². The van der Waals surface area contributed by atoms with Gasteiger partial charge in [-0.2, -0.15) is 0 Å². The van der Waals surface area contributed by atoms with E-state index < -0.39 is 0 Å². The van der Waals surface area contributed by atoms with E-state index in [2.05, 4.69) is 36.4 Å². The molecule has 3 heteroatoms.